The number of aryl methyl sites for hydroxylation is 2. The molecule has 2 heterocycles. The minimum Gasteiger partial charge on any atom is -0.469 e. The Morgan fingerprint density at radius 3 is 2.90 bits per heavy atom. The van der Waals surface area contributed by atoms with Gasteiger partial charge in [0.25, 0.3) is 0 Å². The summed E-state index contributed by atoms with van der Waals surface area (Å²) in [5.74, 6) is 0.365. The number of hydrogen-bond acceptors (Lipinski definition) is 4. The van der Waals surface area contributed by atoms with Gasteiger partial charge in [0.15, 0.2) is 0 Å². The number of fused-ring (bicyclic) bond motifs is 1. The molecule has 0 fully saturated rings. The molecule has 2 rings (SSSR count). The highest BCUT2D eigenvalue weighted by molar-refractivity contribution is 5.86. The van der Waals surface area contributed by atoms with Crippen LogP contribution in [0.5, 0.6) is 0 Å². The monoisotopic (exact) mass is 292 g/mol. The van der Waals surface area contributed by atoms with Crippen molar-refractivity contribution in [2.45, 2.75) is 38.5 Å². The highest BCUT2D eigenvalue weighted by Crippen LogP contribution is 2.25. The number of anilines is 1. The molecule has 0 aromatic carbocycles. The van der Waals surface area contributed by atoms with E-state index in [9.17, 15) is 14.7 Å². The second-order valence-corrected chi connectivity index (χ2v) is 5.11. The lowest BCUT2D eigenvalue weighted by Crippen LogP contribution is -2.35. The number of hydrogen-bond donors (Lipinski definition) is 1. The van der Waals surface area contributed by atoms with Crippen LogP contribution in [0.25, 0.3) is 0 Å². The van der Waals surface area contributed by atoms with Crippen molar-refractivity contribution in [3.63, 3.8) is 0 Å². The van der Waals surface area contributed by atoms with Crippen LogP contribution in [0.2, 0.25) is 0 Å². The molecule has 1 aliphatic rings. The van der Waals surface area contributed by atoms with Gasteiger partial charge < -0.3 is 9.84 Å². The van der Waals surface area contributed by atoms with Crippen molar-refractivity contribution >= 4 is 17.9 Å². The fourth-order valence-corrected chi connectivity index (χ4v) is 2.48. The third kappa shape index (κ3) is 3.93. The van der Waals surface area contributed by atoms with Crippen molar-refractivity contribution in [2.75, 3.05) is 18.6 Å². The van der Waals surface area contributed by atoms with Crippen LogP contribution in [0.4, 0.5) is 10.6 Å². The average Bonchev–Trinajstić information content (AvgIpc) is 2.50. The van der Waals surface area contributed by atoms with Crippen molar-refractivity contribution in [1.29, 1.82) is 0 Å². The molecule has 1 aromatic rings. The Labute approximate surface area is 123 Å². The predicted octanol–water partition coefficient (Wildman–Crippen LogP) is 2.40. The molecule has 1 aromatic heterocycles. The molecule has 6 heteroatoms. The van der Waals surface area contributed by atoms with Gasteiger partial charge in [-0.25, -0.2) is 9.78 Å². The van der Waals surface area contributed by atoms with E-state index in [-0.39, 0.29) is 5.97 Å². The minimum atomic E-state index is -0.953. The zero-order valence-corrected chi connectivity index (χ0v) is 12.2. The molecule has 0 atom stereocenters. The Kier molecular flexibility index (Phi) is 5.14. The second kappa shape index (κ2) is 7.06. The van der Waals surface area contributed by atoms with Gasteiger partial charge in [0.05, 0.1) is 7.11 Å². The summed E-state index contributed by atoms with van der Waals surface area (Å²) in [6, 6.07) is 3.91. The first kappa shape index (κ1) is 15.3. The van der Waals surface area contributed by atoms with E-state index in [4.69, 9.17) is 0 Å². The van der Waals surface area contributed by atoms with E-state index < -0.39 is 6.09 Å². The van der Waals surface area contributed by atoms with E-state index in [1.807, 2.05) is 12.1 Å². The Morgan fingerprint density at radius 1 is 1.38 bits per heavy atom. The average molecular weight is 292 g/mol. The van der Waals surface area contributed by atoms with Gasteiger partial charge in [0, 0.05) is 18.7 Å². The SMILES string of the molecule is COC(=O)CCCCc1ccc2c(n1)N(C(=O)O)CCC2. The van der Waals surface area contributed by atoms with E-state index >= 15 is 0 Å². The maximum Gasteiger partial charge on any atom is 0.413 e. The van der Waals surface area contributed by atoms with Gasteiger partial charge in [-0.15, -0.1) is 0 Å². The molecule has 0 saturated carbocycles. The number of amides is 1. The molecular formula is C15H20N2O4. The van der Waals surface area contributed by atoms with E-state index in [1.165, 1.54) is 12.0 Å². The van der Waals surface area contributed by atoms with Crippen LogP contribution in [-0.4, -0.2) is 35.8 Å². The summed E-state index contributed by atoms with van der Waals surface area (Å²) in [7, 11) is 1.38. The molecule has 0 saturated heterocycles. The van der Waals surface area contributed by atoms with Crippen molar-refractivity contribution in [2.24, 2.45) is 0 Å². The highest BCUT2D eigenvalue weighted by Gasteiger charge is 2.23. The Balaban J connectivity index is 1.98. The minimum absolute atomic E-state index is 0.203. The number of carbonyl (C=O) groups excluding carboxylic acids is 1. The fraction of sp³-hybridized carbons (Fsp3) is 0.533. The zero-order chi connectivity index (χ0) is 15.2. The van der Waals surface area contributed by atoms with E-state index in [2.05, 4.69) is 9.72 Å². The number of esters is 1. The van der Waals surface area contributed by atoms with Gasteiger partial charge in [-0.05, 0) is 43.7 Å². The number of aromatic nitrogens is 1. The first-order valence-electron chi connectivity index (χ1n) is 7.18. The number of nitrogens with zero attached hydrogens (tertiary/aromatic N) is 2. The molecule has 0 bridgehead atoms. The van der Waals surface area contributed by atoms with Gasteiger partial charge in [-0.2, -0.15) is 0 Å². The van der Waals surface area contributed by atoms with Gasteiger partial charge in [0.2, 0.25) is 0 Å². The van der Waals surface area contributed by atoms with Gasteiger partial charge in [-0.3, -0.25) is 9.69 Å². The number of ether oxygens (including phenoxy) is 1. The number of carboxylic acid groups (broad SMARTS) is 1. The second-order valence-electron chi connectivity index (χ2n) is 5.11. The van der Waals surface area contributed by atoms with Crippen LogP contribution in [-0.2, 0) is 22.4 Å². The van der Waals surface area contributed by atoms with E-state index in [1.54, 1.807) is 0 Å². The number of pyridine rings is 1. The summed E-state index contributed by atoms with van der Waals surface area (Å²) in [6.45, 7) is 0.501. The summed E-state index contributed by atoms with van der Waals surface area (Å²) in [5.41, 5.74) is 1.86. The van der Waals surface area contributed by atoms with Crippen LogP contribution in [0.15, 0.2) is 12.1 Å². The van der Waals surface area contributed by atoms with E-state index in [0.29, 0.717) is 18.8 Å². The van der Waals surface area contributed by atoms with Crippen LogP contribution in [0, 0.1) is 0 Å². The fourth-order valence-electron chi connectivity index (χ4n) is 2.48. The highest BCUT2D eigenvalue weighted by atomic mass is 16.5. The molecule has 1 aliphatic heterocycles. The Hall–Kier alpha value is -2.11. The molecule has 0 aliphatic carbocycles. The lowest BCUT2D eigenvalue weighted by molar-refractivity contribution is -0.140. The first-order valence-corrected chi connectivity index (χ1v) is 7.18. The van der Waals surface area contributed by atoms with Crippen molar-refractivity contribution < 1.29 is 19.4 Å². The van der Waals surface area contributed by atoms with Crippen LogP contribution >= 0.6 is 0 Å². The summed E-state index contributed by atoms with van der Waals surface area (Å²) >= 11 is 0. The van der Waals surface area contributed by atoms with Gasteiger partial charge in [0.1, 0.15) is 5.82 Å². The van der Waals surface area contributed by atoms with Gasteiger partial charge in [-0.1, -0.05) is 6.07 Å². The topological polar surface area (TPSA) is 79.7 Å². The Morgan fingerprint density at radius 2 is 2.19 bits per heavy atom. The van der Waals surface area contributed by atoms with Crippen LogP contribution in [0.3, 0.4) is 0 Å². The number of rotatable bonds is 5. The number of methoxy groups -OCH3 is 1. The zero-order valence-electron chi connectivity index (χ0n) is 12.2. The molecule has 6 nitrogen and oxygen atoms in total. The third-order valence-electron chi connectivity index (χ3n) is 3.62. The number of carbonyl (C=O) groups is 2. The molecule has 1 amide bonds. The summed E-state index contributed by atoms with van der Waals surface area (Å²) in [6.07, 6.45) is 3.46. The summed E-state index contributed by atoms with van der Waals surface area (Å²) in [4.78, 5) is 28.1. The van der Waals surface area contributed by atoms with Crippen molar-refractivity contribution in [3.8, 4) is 0 Å². The molecule has 114 valence electrons. The lowest BCUT2D eigenvalue weighted by Gasteiger charge is -2.26. The first-order chi connectivity index (χ1) is 10.1. The van der Waals surface area contributed by atoms with Crippen LogP contribution < -0.4 is 4.90 Å². The summed E-state index contributed by atoms with van der Waals surface area (Å²) in [5, 5.41) is 9.21. The normalized spacial score (nSPS) is 13.7. The number of unbranched alkanes of at least 4 members (excludes halogenated alkanes) is 1. The van der Waals surface area contributed by atoms with E-state index in [0.717, 1.165) is 43.4 Å². The molecule has 21 heavy (non-hydrogen) atoms. The smallest absolute Gasteiger partial charge is 0.413 e. The summed E-state index contributed by atoms with van der Waals surface area (Å²) < 4.78 is 4.59. The maximum atomic E-state index is 11.2. The largest absolute Gasteiger partial charge is 0.469 e. The lowest BCUT2D eigenvalue weighted by atomic mass is 10.0. The molecular weight excluding hydrogens is 272 g/mol. The predicted molar refractivity (Wildman–Crippen MR) is 77.5 cm³/mol. The van der Waals surface area contributed by atoms with Crippen LogP contribution in [0.1, 0.15) is 36.9 Å². The molecule has 0 spiro atoms. The Bertz CT molecular complexity index is 530. The maximum absolute atomic E-state index is 11.2. The molecule has 0 unspecified atom stereocenters. The van der Waals surface area contributed by atoms with Gasteiger partial charge >= 0.3 is 12.1 Å². The third-order valence-corrected chi connectivity index (χ3v) is 3.62. The molecule has 1 N–H and O–H groups in total. The van der Waals surface area contributed by atoms with Crippen molar-refractivity contribution in [1.82, 2.24) is 4.98 Å². The van der Waals surface area contributed by atoms with Crippen molar-refractivity contribution in [3.05, 3.63) is 23.4 Å². The quantitative estimate of drug-likeness (QED) is 0.666. The molecule has 0 radical (unpaired) electrons. The standard InChI is InChI=1S/C15H20N2O4/c1-21-13(18)7-3-2-6-12-9-8-11-5-4-10-17(15(19)20)14(11)16-12/h8-9H,2-7,10H2,1H3,(H,19,20).